The largest absolute Gasteiger partial charge is 0.496 e. The Morgan fingerprint density at radius 2 is 1.85 bits per heavy atom. The lowest BCUT2D eigenvalue weighted by Gasteiger charge is -2.15. The van der Waals surface area contributed by atoms with Gasteiger partial charge in [-0.2, -0.15) is 5.10 Å². The van der Waals surface area contributed by atoms with Crippen molar-refractivity contribution in [2.75, 3.05) is 20.0 Å². The standard InChI is InChI=1S/C14H18FN3O2/c1-8(15)9-5-13(20-4)10(6-12(9)19-3)11-7-17-18(2)14(11)16/h5-8H,16H2,1-4H3. The van der Waals surface area contributed by atoms with Gasteiger partial charge in [0.1, 0.15) is 23.5 Å². The number of hydrogen-bond donors (Lipinski definition) is 1. The third-order valence-corrected chi connectivity index (χ3v) is 3.26. The molecule has 0 aliphatic rings. The first-order valence-corrected chi connectivity index (χ1v) is 6.17. The summed E-state index contributed by atoms with van der Waals surface area (Å²) in [5, 5.41) is 4.10. The maximum absolute atomic E-state index is 13.6. The van der Waals surface area contributed by atoms with Crippen molar-refractivity contribution >= 4 is 5.82 Å². The highest BCUT2D eigenvalue weighted by Gasteiger charge is 2.19. The Balaban J connectivity index is 2.67. The van der Waals surface area contributed by atoms with E-state index in [1.807, 2.05) is 0 Å². The Morgan fingerprint density at radius 1 is 1.20 bits per heavy atom. The first-order chi connectivity index (χ1) is 9.49. The van der Waals surface area contributed by atoms with Crippen LogP contribution in [-0.4, -0.2) is 24.0 Å². The summed E-state index contributed by atoms with van der Waals surface area (Å²) in [6, 6.07) is 3.35. The van der Waals surface area contributed by atoms with Crippen LogP contribution in [0.25, 0.3) is 11.1 Å². The smallest absolute Gasteiger partial charge is 0.129 e. The molecule has 108 valence electrons. The fourth-order valence-electron chi connectivity index (χ4n) is 2.10. The van der Waals surface area contributed by atoms with Crippen molar-refractivity contribution in [3.05, 3.63) is 23.9 Å². The topological polar surface area (TPSA) is 62.3 Å². The quantitative estimate of drug-likeness (QED) is 0.934. The zero-order valence-electron chi connectivity index (χ0n) is 12.0. The van der Waals surface area contributed by atoms with E-state index >= 15 is 0 Å². The highest BCUT2D eigenvalue weighted by molar-refractivity contribution is 5.80. The van der Waals surface area contributed by atoms with Gasteiger partial charge in [-0.25, -0.2) is 4.39 Å². The summed E-state index contributed by atoms with van der Waals surface area (Å²) in [7, 11) is 4.79. The lowest BCUT2D eigenvalue weighted by Crippen LogP contribution is -2.00. The number of aromatic nitrogens is 2. The third-order valence-electron chi connectivity index (χ3n) is 3.26. The highest BCUT2D eigenvalue weighted by atomic mass is 19.1. The van der Waals surface area contributed by atoms with E-state index in [1.165, 1.54) is 21.1 Å². The molecule has 1 heterocycles. The first kappa shape index (κ1) is 14.2. The zero-order chi connectivity index (χ0) is 14.9. The van der Waals surface area contributed by atoms with E-state index in [4.69, 9.17) is 15.2 Å². The molecule has 1 unspecified atom stereocenters. The maximum atomic E-state index is 13.6. The number of alkyl halides is 1. The lowest BCUT2D eigenvalue weighted by atomic mass is 10.0. The van der Waals surface area contributed by atoms with Crippen LogP contribution in [0.3, 0.4) is 0 Å². The number of nitrogens with two attached hydrogens (primary N) is 1. The predicted octanol–water partition coefficient (Wildman–Crippen LogP) is 2.72. The van der Waals surface area contributed by atoms with E-state index < -0.39 is 6.17 Å². The van der Waals surface area contributed by atoms with Gasteiger partial charge in [0.15, 0.2) is 0 Å². The van der Waals surface area contributed by atoms with Crippen LogP contribution in [0.1, 0.15) is 18.7 Å². The molecule has 0 saturated carbocycles. The number of nitrogens with zero attached hydrogens (tertiary/aromatic N) is 2. The molecule has 2 aromatic rings. The van der Waals surface area contributed by atoms with Crippen molar-refractivity contribution in [1.82, 2.24) is 9.78 Å². The Kier molecular flexibility index (Phi) is 3.83. The summed E-state index contributed by atoms with van der Waals surface area (Å²) in [5.41, 5.74) is 7.86. The van der Waals surface area contributed by atoms with Gasteiger partial charge >= 0.3 is 0 Å². The monoisotopic (exact) mass is 279 g/mol. The second-order valence-corrected chi connectivity index (χ2v) is 4.48. The van der Waals surface area contributed by atoms with Crippen LogP contribution in [0.4, 0.5) is 10.2 Å². The van der Waals surface area contributed by atoms with E-state index in [2.05, 4.69) is 5.10 Å². The fraction of sp³-hybridized carbons (Fsp3) is 0.357. The summed E-state index contributed by atoms with van der Waals surface area (Å²) >= 11 is 0. The normalized spacial score (nSPS) is 12.2. The van der Waals surface area contributed by atoms with Crippen molar-refractivity contribution in [2.24, 2.45) is 7.05 Å². The Hall–Kier alpha value is -2.24. The van der Waals surface area contributed by atoms with E-state index in [9.17, 15) is 4.39 Å². The molecule has 1 aromatic heterocycles. The predicted molar refractivity (Wildman–Crippen MR) is 75.7 cm³/mol. The molecule has 5 nitrogen and oxygen atoms in total. The van der Waals surface area contributed by atoms with Crippen LogP contribution >= 0.6 is 0 Å². The summed E-state index contributed by atoms with van der Waals surface area (Å²) < 4.78 is 25.8. The van der Waals surface area contributed by atoms with Crippen LogP contribution in [0, 0.1) is 0 Å². The van der Waals surface area contributed by atoms with E-state index in [-0.39, 0.29) is 0 Å². The van der Waals surface area contributed by atoms with Crippen LogP contribution < -0.4 is 15.2 Å². The molecule has 0 saturated heterocycles. The number of halogens is 1. The average molecular weight is 279 g/mol. The van der Waals surface area contributed by atoms with Gasteiger partial charge in [0.05, 0.1) is 20.4 Å². The van der Waals surface area contributed by atoms with Gasteiger partial charge in [0.2, 0.25) is 0 Å². The minimum atomic E-state index is -1.15. The molecule has 0 aliphatic carbocycles. The second-order valence-electron chi connectivity index (χ2n) is 4.48. The van der Waals surface area contributed by atoms with Gasteiger partial charge < -0.3 is 15.2 Å². The summed E-state index contributed by atoms with van der Waals surface area (Å²) in [6.07, 6.45) is 0.490. The molecule has 1 aromatic carbocycles. The minimum Gasteiger partial charge on any atom is -0.496 e. The fourth-order valence-corrected chi connectivity index (χ4v) is 2.10. The molecule has 1 atom stereocenters. The van der Waals surface area contributed by atoms with Crippen LogP contribution in [0.15, 0.2) is 18.3 Å². The molecule has 2 N–H and O–H groups in total. The Bertz CT molecular complexity index is 623. The third kappa shape index (κ3) is 2.29. The number of hydrogen-bond acceptors (Lipinski definition) is 4. The molecule has 0 fully saturated rings. The van der Waals surface area contributed by atoms with Gasteiger partial charge in [-0.3, -0.25) is 4.68 Å². The molecular formula is C14H18FN3O2. The number of anilines is 1. The number of benzene rings is 1. The summed E-state index contributed by atoms with van der Waals surface area (Å²) in [5.74, 6) is 1.50. The van der Waals surface area contributed by atoms with Crippen LogP contribution in [0.5, 0.6) is 11.5 Å². The average Bonchev–Trinajstić information content (AvgIpc) is 2.77. The highest BCUT2D eigenvalue weighted by Crippen LogP contribution is 2.40. The van der Waals surface area contributed by atoms with Crippen molar-refractivity contribution in [3.8, 4) is 22.6 Å². The summed E-state index contributed by atoms with van der Waals surface area (Å²) in [6.45, 7) is 1.45. The SMILES string of the molecule is COc1cc(C(C)F)c(OC)cc1-c1cnn(C)c1N. The number of rotatable bonds is 4. The maximum Gasteiger partial charge on any atom is 0.129 e. The number of nitrogen functional groups attached to an aromatic ring is 1. The molecule has 0 amide bonds. The van der Waals surface area contributed by atoms with Crippen molar-refractivity contribution < 1.29 is 13.9 Å². The molecule has 6 heteroatoms. The molecule has 0 radical (unpaired) electrons. The zero-order valence-corrected chi connectivity index (χ0v) is 12.0. The van der Waals surface area contributed by atoms with Gasteiger partial charge in [-0.05, 0) is 19.1 Å². The Labute approximate surface area is 117 Å². The van der Waals surface area contributed by atoms with Gasteiger partial charge in [-0.1, -0.05) is 0 Å². The number of methoxy groups -OCH3 is 2. The number of aryl methyl sites for hydroxylation is 1. The van der Waals surface area contributed by atoms with Crippen LogP contribution in [0.2, 0.25) is 0 Å². The molecule has 0 bridgehead atoms. The van der Waals surface area contributed by atoms with Crippen molar-refractivity contribution in [1.29, 1.82) is 0 Å². The van der Waals surface area contributed by atoms with Crippen molar-refractivity contribution in [3.63, 3.8) is 0 Å². The van der Waals surface area contributed by atoms with Gasteiger partial charge in [-0.15, -0.1) is 0 Å². The molecule has 0 aliphatic heterocycles. The van der Waals surface area contributed by atoms with Crippen molar-refractivity contribution in [2.45, 2.75) is 13.1 Å². The molecule has 0 spiro atoms. The lowest BCUT2D eigenvalue weighted by molar-refractivity contribution is 0.343. The summed E-state index contributed by atoms with van der Waals surface area (Å²) in [4.78, 5) is 0. The van der Waals surface area contributed by atoms with Gasteiger partial charge in [0, 0.05) is 23.7 Å². The van der Waals surface area contributed by atoms with E-state index in [0.717, 1.165) is 11.1 Å². The Morgan fingerprint density at radius 3 is 2.30 bits per heavy atom. The number of ether oxygens (including phenoxy) is 2. The minimum absolute atomic E-state index is 0.440. The van der Waals surface area contributed by atoms with Gasteiger partial charge in [0.25, 0.3) is 0 Å². The molecule has 20 heavy (non-hydrogen) atoms. The molecule has 2 rings (SSSR count). The first-order valence-electron chi connectivity index (χ1n) is 6.17. The molecular weight excluding hydrogens is 261 g/mol. The second kappa shape index (κ2) is 5.40. The van der Waals surface area contributed by atoms with Crippen LogP contribution in [-0.2, 0) is 7.05 Å². The van der Waals surface area contributed by atoms with E-state index in [1.54, 1.807) is 30.1 Å². The van der Waals surface area contributed by atoms with E-state index in [0.29, 0.717) is 22.9 Å².